The van der Waals surface area contributed by atoms with Gasteiger partial charge in [-0.3, -0.25) is 19.4 Å². The first-order valence-electron chi connectivity index (χ1n) is 9.71. The van der Waals surface area contributed by atoms with E-state index in [9.17, 15) is 14.4 Å². The third-order valence-electron chi connectivity index (χ3n) is 4.32. The summed E-state index contributed by atoms with van der Waals surface area (Å²) in [6, 6.07) is 11.2. The van der Waals surface area contributed by atoms with Gasteiger partial charge in [-0.2, -0.15) is 0 Å². The number of carbonyl (C=O) groups excluding carboxylic acids is 3. The summed E-state index contributed by atoms with van der Waals surface area (Å²) < 4.78 is 0. The molecule has 3 N–H and O–H groups in total. The monoisotopic (exact) mass is 396 g/mol. The van der Waals surface area contributed by atoms with Crippen LogP contribution in [0, 0.1) is 12.8 Å². The van der Waals surface area contributed by atoms with Crippen LogP contribution in [0.3, 0.4) is 0 Å². The molecule has 29 heavy (non-hydrogen) atoms. The summed E-state index contributed by atoms with van der Waals surface area (Å²) in [6.45, 7) is 6.53. The topological polar surface area (TPSA) is 100 Å². The Balaban J connectivity index is 2.02. The number of aromatic nitrogens is 1. The van der Waals surface area contributed by atoms with E-state index < -0.39 is 11.9 Å². The minimum atomic E-state index is -0.911. The van der Waals surface area contributed by atoms with E-state index in [1.807, 2.05) is 19.1 Å². The average molecular weight is 396 g/mol. The summed E-state index contributed by atoms with van der Waals surface area (Å²) in [5.74, 6) is -0.687. The van der Waals surface area contributed by atoms with E-state index in [2.05, 4.69) is 34.8 Å². The highest BCUT2D eigenvalue weighted by molar-refractivity contribution is 5.97. The van der Waals surface area contributed by atoms with Crippen LogP contribution >= 0.6 is 0 Å². The van der Waals surface area contributed by atoms with Crippen LogP contribution < -0.4 is 16.0 Å². The van der Waals surface area contributed by atoms with Gasteiger partial charge in [-0.1, -0.05) is 37.6 Å². The van der Waals surface area contributed by atoms with Crippen LogP contribution in [0.2, 0.25) is 0 Å². The van der Waals surface area contributed by atoms with Crippen LogP contribution in [0.25, 0.3) is 0 Å². The highest BCUT2D eigenvalue weighted by Crippen LogP contribution is 2.03. The van der Waals surface area contributed by atoms with E-state index in [4.69, 9.17) is 0 Å². The molecule has 1 aromatic heterocycles. The predicted octanol–water partition coefficient (Wildman–Crippen LogP) is 2.08. The summed E-state index contributed by atoms with van der Waals surface area (Å²) in [5, 5.41) is 8.20. The van der Waals surface area contributed by atoms with Crippen LogP contribution in [0.5, 0.6) is 0 Å². The maximum absolute atomic E-state index is 12.6. The Morgan fingerprint density at radius 2 is 1.69 bits per heavy atom. The van der Waals surface area contributed by atoms with Crippen molar-refractivity contribution in [2.45, 2.75) is 33.2 Å². The first-order chi connectivity index (χ1) is 13.9. The largest absolute Gasteiger partial charge is 0.354 e. The quantitative estimate of drug-likeness (QED) is 0.604. The molecule has 154 valence electrons. The third kappa shape index (κ3) is 7.37. The molecule has 1 aromatic carbocycles. The lowest BCUT2D eigenvalue weighted by molar-refractivity contribution is -0.122. The van der Waals surface area contributed by atoms with E-state index in [1.165, 1.54) is 6.20 Å². The highest BCUT2D eigenvalue weighted by Gasteiger charge is 2.22. The Morgan fingerprint density at radius 3 is 2.31 bits per heavy atom. The van der Waals surface area contributed by atoms with Crippen LogP contribution in [0.1, 0.15) is 46.7 Å². The van der Waals surface area contributed by atoms with Crippen molar-refractivity contribution in [1.29, 1.82) is 0 Å². The van der Waals surface area contributed by atoms with Crippen molar-refractivity contribution in [2.24, 2.45) is 5.92 Å². The number of benzene rings is 1. The van der Waals surface area contributed by atoms with Crippen LogP contribution in [-0.2, 0) is 4.79 Å². The van der Waals surface area contributed by atoms with E-state index in [0.29, 0.717) is 18.0 Å². The Bertz CT molecular complexity index is 820. The summed E-state index contributed by atoms with van der Waals surface area (Å²) >= 11 is 0. The van der Waals surface area contributed by atoms with Crippen molar-refractivity contribution in [3.8, 4) is 0 Å². The van der Waals surface area contributed by atoms with Gasteiger partial charge in [-0.25, -0.2) is 0 Å². The summed E-state index contributed by atoms with van der Waals surface area (Å²) in [5.41, 5.74) is 1.74. The van der Waals surface area contributed by atoms with Gasteiger partial charge in [0.25, 0.3) is 11.8 Å². The average Bonchev–Trinajstić information content (AvgIpc) is 2.71. The first-order valence-corrected chi connectivity index (χ1v) is 9.71. The zero-order valence-corrected chi connectivity index (χ0v) is 17.1. The molecule has 7 heteroatoms. The number of nitrogens with zero attached hydrogens (tertiary/aromatic N) is 1. The SMILES string of the molecule is Cc1ccc(C(=O)NC[C@H](NC(=O)c2ccccn2)C(=O)NCCC(C)C)cc1. The molecule has 0 bridgehead atoms. The molecule has 0 fully saturated rings. The van der Waals surface area contributed by atoms with Crippen LogP contribution in [-0.4, -0.2) is 41.8 Å². The zero-order chi connectivity index (χ0) is 21.2. The number of aryl methyl sites for hydroxylation is 1. The van der Waals surface area contributed by atoms with Gasteiger partial charge in [-0.05, 0) is 43.5 Å². The van der Waals surface area contributed by atoms with Gasteiger partial charge in [0.1, 0.15) is 11.7 Å². The zero-order valence-electron chi connectivity index (χ0n) is 17.1. The fraction of sp³-hybridized carbons (Fsp3) is 0.364. The molecule has 0 radical (unpaired) electrons. The lowest BCUT2D eigenvalue weighted by Gasteiger charge is -2.19. The maximum atomic E-state index is 12.6. The molecule has 0 aliphatic heterocycles. The van der Waals surface area contributed by atoms with E-state index >= 15 is 0 Å². The number of hydrogen-bond acceptors (Lipinski definition) is 4. The minimum absolute atomic E-state index is 0.0290. The van der Waals surface area contributed by atoms with E-state index in [0.717, 1.165) is 12.0 Å². The first kappa shape index (κ1) is 22.1. The molecule has 0 aliphatic rings. The van der Waals surface area contributed by atoms with Gasteiger partial charge in [0.2, 0.25) is 5.91 Å². The molecule has 0 saturated carbocycles. The fourth-order valence-electron chi connectivity index (χ4n) is 2.55. The number of rotatable bonds is 9. The highest BCUT2D eigenvalue weighted by atomic mass is 16.2. The number of carbonyl (C=O) groups is 3. The molecule has 2 aromatic rings. The molecule has 0 spiro atoms. The van der Waals surface area contributed by atoms with Gasteiger partial charge in [0.05, 0.1) is 0 Å². The predicted molar refractivity (Wildman–Crippen MR) is 111 cm³/mol. The summed E-state index contributed by atoms with van der Waals surface area (Å²) in [6.07, 6.45) is 2.33. The van der Waals surface area contributed by atoms with Crippen LogP contribution in [0.4, 0.5) is 0 Å². The van der Waals surface area contributed by atoms with Crippen molar-refractivity contribution in [3.63, 3.8) is 0 Å². The van der Waals surface area contributed by atoms with Crippen molar-refractivity contribution in [1.82, 2.24) is 20.9 Å². The number of hydrogen-bond donors (Lipinski definition) is 3. The lowest BCUT2D eigenvalue weighted by Crippen LogP contribution is -2.53. The lowest BCUT2D eigenvalue weighted by atomic mass is 10.1. The van der Waals surface area contributed by atoms with Gasteiger partial charge in [-0.15, -0.1) is 0 Å². The number of nitrogens with one attached hydrogen (secondary N) is 3. The Morgan fingerprint density at radius 1 is 0.966 bits per heavy atom. The molecule has 1 heterocycles. The maximum Gasteiger partial charge on any atom is 0.270 e. The number of pyridine rings is 1. The molecule has 1 atom stereocenters. The van der Waals surface area contributed by atoms with Gasteiger partial charge < -0.3 is 16.0 Å². The molecule has 7 nitrogen and oxygen atoms in total. The fourth-order valence-corrected chi connectivity index (χ4v) is 2.55. The van der Waals surface area contributed by atoms with Crippen molar-refractivity contribution in [3.05, 3.63) is 65.5 Å². The molecular formula is C22H28N4O3. The van der Waals surface area contributed by atoms with Gasteiger partial charge >= 0.3 is 0 Å². The van der Waals surface area contributed by atoms with Crippen molar-refractivity contribution in [2.75, 3.05) is 13.1 Å². The Hall–Kier alpha value is -3.22. The molecular weight excluding hydrogens is 368 g/mol. The standard InChI is InChI=1S/C22H28N4O3/c1-15(2)11-13-24-21(28)19(26-22(29)18-6-4-5-12-23-18)14-25-20(27)17-9-7-16(3)8-10-17/h4-10,12,15,19H,11,13-14H2,1-3H3,(H,24,28)(H,25,27)(H,26,29)/t19-/m0/s1. The minimum Gasteiger partial charge on any atom is -0.354 e. The molecule has 0 unspecified atom stereocenters. The smallest absolute Gasteiger partial charge is 0.270 e. The summed E-state index contributed by atoms with van der Waals surface area (Å²) in [4.78, 5) is 41.4. The molecule has 0 aliphatic carbocycles. The van der Waals surface area contributed by atoms with E-state index in [-0.39, 0.29) is 24.1 Å². The Kier molecular flexibility index (Phi) is 8.33. The van der Waals surface area contributed by atoms with Crippen molar-refractivity contribution >= 4 is 17.7 Å². The second-order valence-electron chi connectivity index (χ2n) is 7.29. The second kappa shape index (κ2) is 10.9. The number of amides is 3. The van der Waals surface area contributed by atoms with Gasteiger partial charge in [0, 0.05) is 24.8 Å². The second-order valence-corrected chi connectivity index (χ2v) is 7.29. The summed E-state index contributed by atoms with van der Waals surface area (Å²) in [7, 11) is 0. The molecule has 3 amide bonds. The Labute approximate surface area is 171 Å². The molecule has 2 rings (SSSR count). The van der Waals surface area contributed by atoms with Gasteiger partial charge in [0.15, 0.2) is 0 Å². The molecule has 0 saturated heterocycles. The van der Waals surface area contributed by atoms with Crippen LogP contribution in [0.15, 0.2) is 48.7 Å². The van der Waals surface area contributed by atoms with E-state index in [1.54, 1.807) is 30.3 Å². The third-order valence-corrected chi connectivity index (χ3v) is 4.32. The van der Waals surface area contributed by atoms with Crippen molar-refractivity contribution < 1.29 is 14.4 Å². The normalized spacial score (nSPS) is 11.6.